The van der Waals surface area contributed by atoms with Gasteiger partial charge in [0.15, 0.2) is 0 Å². The third-order valence-electron chi connectivity index (χ3n) is 2.36. The summed E-state index contributed by atoms with van der Waals surface area (Å²) >= 11 is 11.2. The van der Waals surface area contributed by atoms with Crippen LogP contribution in [0.25, 0.3) is 0 Å². The molecule has 0 saturated carbocycles. The summed E-state index contributed by atoms with van der Waals surface area (Å²) in [5.74, 6) is 0.723. The summed E-state index contributed by atoms with van der Waals surface area (Å²) in [5, 5.41) is 5.59. The Morgan fingerprint density at radius 3 is 2.11 bits per heavy atom. The molecule has 0 bridgehead atoms. The molecule has 0 heterocycles. The second kappa shape index (κ2) is 8.96. The highest BCUT2D eigenvalue weighted by molar-refractivity contribution is 7.54. The Balaban J connectivity index is 2.56. The molecule has 0 radical (unpaired) electrons. The molecule has 1 aromatic carbocycles. The van der Waals surface area contributed by atoms with Gasteiger partial charge in [0.2, 0.25) is 0 Å². The summed E-state index contributed by atoms with van der Waals surface area (Å²) in [4.78, 5) is 0. The average Bonchev–Trinajstić information content (AvgIpc) is 2.43. The first kappa shape index (κ1) is 17.0. The van der Waals surface area contributed by atoms with Crippen LogP contribution < -0.4 is 10.2 Å². The Kier molecular flexibility index (Phi) is 8.00. The highest BCUT2D eigenvalue weighted by Gasteiger charge is 2.21. The van der Waals surface area contributed by atoms with Crippen molar-refractivity contribution < 1.29 is 9.09 Å². The zero-order valence-electron chi connectivity index (χ0n) is 10.9. The van der Waals surface area contributed by atoms with Crippen molar-refractivity contribution in [1.29, 1.82) is 0 Å². The third-order valence-corrected chi connectivity index (χ3v) is 4.51. The molecule has 0 unspecified atom stereocenters. The molecule has 0 saturated heterocycles. The molecule has 0 fully saturated rings. The smallest absolute Gasteiger partial charge is 0.301 e. The van der Waals surface area contributed by atoms with Crippen molar-refractivity contribution in [2.45, 2.75) is 13.5 Å². The standard InChI is InChI=1S/C12H19Cl2N2O2P/c1-11-2-4-12(5-3-11)10-18-19(17,15-8-6-13)16-9-7-14/h2-5H,6-10H2,1H3,(H2,15,16,17). The number of hydrogen-bond donors (Lipinski definition) is 2. The molecule has 0 aliphatic rings. The van der Waals surface area contributed by atoms with Gasteiger partial charge in [-0.25, -0.2) is 10.2 Å². The molecule has 0 aliphatic heterocycles. The van der Waals surface area contributed by atoms with Gasteiger partial charge in [-0.1, -0.05) is 29.8 Å². The van der Waals surface area contributed by atoms with Crippen LogP contribution in [0.4, 0.5) is 0 Å². The molecular formula is C12H19Cl2N2O2P. The monoisotopic (exact) mass is 324 g/mol. The summed E-state index contributed by atoms with van der Waals surface area (Å²) in [6.45, 7) is 3.09. The lowest BCUT2D eigenvalue weighted by Crippen LogP contribution is -2.27. The number of alkyl halides is 2. The SMILES string of the molecule is Cc1ccc(COP(=O)(NCCCl)NCCCl)cc1. The molecule has 2 N–H and O–H groups in total. The lowest BCUT2D eigenvalue weighted by atomic mass is 10.2. The first-order valence-corrected chi connectivity index (χ1v) is 8.71. The number of benzene rings is 1. The quantitative estimate of drug-likeness (QED) is 0.540. The van der Waals surface area contributed by atoms with Crippen molar-refractivity contribution in [1.82, 2.24) is 10.2 Å². The van der Waals surface area contributed by atoms with Crippen molar-refractivity contribution in [3.05, 3.63) is 35.4 Å². The molecule has 4 nitrogen and oxygen atoms in total. The summed E-state index contributed by atoms with van der Waals surface area (Å²) in [6.07, 6.45) is 0. The lowest BCUT2D eigenvalue weighted by Gasteiger charge is -2.19. The zero-order chi connectivity index (χ0) is 14.1. The van der Waals surface area contributed by atoms with Crippen LogP contribution in [0, 0.1) is 6.92 Å². The third kappa shape index (κ3) is 6.75. The minimum Gasteiger partial charge on any atom is -0.301 e. The van der Waals surface area contributed by atoms with E-state index in [9.17, 15) is 4.57 Å². The first-order valence-electron chi connectivity index (χ1n) is 6.02. The van der Waals surface area contributed by atoms with Crippen molar-refractivity contribution in [3.8, 4) is 0 Å². The molecule has 0 amide bonds. The number of hydrogen-bond acceptors (Lipinski definition) is 2. The molecule has 0 atom stereocenters. The van der Waals surface area contributed by atoms with Crippen LogP contribution in [-0.4, -0.2) is 24.8 Å². The van der Waals surface area contributed by atoms with Crippen LogP contribution in [0.2, 0.25) is 0 Å². The van der Waals surface area contributed by atoms with Gasteiger partial charge in [0.25, 0.3) is 0 Å². The topological polar surface area (TPSA) is 50.4 Å². The van der Waals surface area contributed by atoms with Crippen LogP contribution in [-0.2, 0) is 15.7 Å². The largest absolute Gasteiger partial charge is 0.341 e. The van der Waals surface area contributed by atoms with Gasteiger partial charge >= 0.3 is 7.67 Å². The summed E-state index contributed by atoms with van der Waals surface area (Å²) < 4.78 is 17.9. The van der Waals surface area contributed by atoms with E-state index in [0.717, 1.165) is 5.56 Å². The van der Waals surface area contributed by atoms with Crippen molar-refractivity contribution >= 4 is 30.9 Å². The van der Waals surface area contributed by atoms with Crippen molar-refractivity contribution in [2.75, 3.05) is 24.8 Å². The van der Waals surface area contributed by atoms with E-state index in [4.69, 9.17) is 27.7 Å². The molecule has 108 valence electrons. The fraction of sp³-hybridized carbons (Fsp3) is 0.500. The lowest BCUT2D eigenvalue weighted by molar-refractivity contribution is 0.288. The van der Waals surface area contributed by atoms with E-state index < -0.39 is 7.67 Å². The number of aryl methyl sites for hydroxylation is 1. The Morgan fingerprint density at radius 1 is 1.11 bits per heavy atom. The van der Waals surface area contributed by atoms with Gasteiger partial charge in [-0.3, -0.25) is 4.57 Å². The van der Waals surface area contributed by atoms with Gasteiger partial charge in [-0.05, 0) is 12.5 Å². The van der Waals surface area contributed by atoms with Crippen LogP contribution >= 0.6 is 30.9 Å². The predicted octanol–water partition coefficient (Wildman–Crippen LogP) is 3.28. The normalized spacial score (nSPS) is 11.7. The van der Waals surface area contributed by atoms with E-state index in [1.807, 2.05) is 31.2 Å². The van der Waals surface area contributed by atoms with Crippen molar-refractivity contribution in [3.63, 3.8) is 0 Å². The summed E-state index contributed by atoms with van der Waals surface area (Å²) in [5.41, 5.74) is 2.14. The summed E-state index contributed by atoms with van der Waals surface area (Å²) in [7, 11) is -3.10. The molecule has 1 rings (SSSR count). The summed E-state index contributed by atoms with van der Waals surface area (Å²) in [6, 6.07) is 7.87. The van der Waals surface area contributed by atoms with Crippen molar-refractivity contribution in [2.24, 2.45) is 0 Å². The Morgan fingerprint density at radius 2 is 1.63 bits per heavy atom. The maximum atomic E-state index is 12.4. The molecule has 19 heavy (non-hydrogen) atoms. The fourth-order valence-electron chi connectivity index (χ4n) is 1.38. The first-order chi connectivity index (χ1) is 9.09. The average molecular weight is 325 g/mol. The molecule has 0 aromatic heterocycles. The highest BCUT2D eigenvalue weighted by Crippen LogP contribution is 2.38. The minimum absolute atomic E-state index is 0.266. The Hall–Kier alpha value is -0.0900. The maximum absolute atomic E-state index is 12.4. The second-order valence-electron chi connectivity index (χ2n) is 4.00. The van der Waals surface area contributed by atoms with Gasteiger partial charge < -0.3 is 4.52 Å². The molecule has 0 aliphatic carbocycles. The van der Waals surface area contributed by atoms with Crippen LogP contribution in [0.5, 0.6) is 0 Å². The molecule has 1 aromatic rings. The molecule has 7 heteroatoms. The van der Waals surface area contributed by atoms with Gasteiger partial charge in [0.05, 0.1) is 6.61 Å². The van der Waals surface area contributed by atoms with Gasteiger partial charge in [0, 0.05) is 24.8 Å². The van der Waals surface area contributed by atoms with E-state index in [1.54, 1.807) is 0 Å². The van der Waals surface area contributed by atoms with E-state index in [-0.39, 0.29) is 6.61 Å². The van der Waals surface area contributed by atoms with E-state index >= 15 is 0 Å². The fourth-order valence-corrected chi connectivity index (χ4v) is 3.27. The van der Waals surface area contributed by atoms with Crippen LogP contribution in [0.1, 0.15) is 11.1 Å². The van der Waals surface area contributed by atoms with Crippen LogP contribution in [0.3, 0.4) is 0 Å². The van der Waals surface area contributed by atoms with E-state index in [1.165, 1.54) is 5.56 Å². The number of halogens is 2. The van der Waals surface area contributed by atoms with Crippen LogP contribution in [0.15, 0.2) is 24.3 Å². The second-order valence-corrected chi connectivity index (χ2v) is 6.75. The number of nitrogens with one attached hydrogen (secondary N) is 2. The maximum Gasteiger partial charge on any atom is 0.341 e. The Labute approximate surface area is 124 Å². The highest BCUT2D eigenvalue weighted by atomic mass is 35.5. The minimum atomic E-state index is -3.10. The Bertz CT molecular complexity index is 403. The zero-order valence-corrected chi connectivity index (χ0v) is 13.3. The number of rotatable bonds is 9. The predicted molar refractivity (Wildman–Crippen MR) is 81.0 cm³/mol. The van der Waals surface area contributed by atoms with E-state index in [0.29, 0.717) is 24.8 Å². The van der Waals surface area contributed by atoms with Gasteiger partial charge in [-0.2, -0.15) is 0 Å². The molecule has 0 spiro atoms. The molecular weight excluding hydrogens is 306 g/mol. The van der Waals surface area contributed by atoms with E-state index in [2.05, 4.69) is 10.2 Å². The van der Waals surface area contributed by atoms with Gasteiger partial charge in [0.1, 0.15) is 0 Å². The van der Waals surface area contributed by atoms with Gasteiger partial charge in [-0.15, -0.1) is 23.2 Å².